The van der Waals surface area contributed by atoms with Gasteiger partial charge >= 0.3 is 0 Å². The maximum atomic E-state index is 13.0. The first-order valence-corrected chi connectivity index (χ1v) is 7.71. The van der Waals surface area contributed by atoms with Crippen LogP contribution >= 0.6 is 11.3 Å². The van der Waals surface area contributed by atoms with Crippen molar-refractivity contribution in [3.05, 3.63) is 40.7 Å². The highest BCUT2D eigenvalue weighted by Crippen LogP contribution is 2.18. The van der Waals surface area contributed by atoms with E-state index in [-0.39, 0.29) is 11.7 Å². The Morgan fingerprint density at radius 3 is 2.90 bits per heavy atom. The summed E-state index contributed by atoms with van der Waals surface area (Å²) in [5.74, 6) is 0.0938. The van der Waals surface area contributed by atoms with Crippen molar-refractivity contribution in [1.82, 2.24) is 10.2 Å². The number of aryl methyl sites for hydroxylation is 1. The number of hydrogen-bond acceptors (Lipinski definition) is 4. The van der Waals surface area contributed by atoms with E-state index in [1.165, 1.54) is 23.5 Å². The predicted octanol–water partition coefficient (Wildman–Crippen LogP) is 3.45. The van der Waals surface area contributed by atoms with Crippen LogP contribution in [0.3, 0.4) is 0 Å². The Morgan fingerprint density at radius 2 is 2.19 bits per heavy atom. The van der Waals surface area contributed by atoms with Gasteiger partial charge in [0.25, 0.3) is 0 Å². The van der Waals surface area contributed by atoms with Crippen LogP contribution in [-0.4, -0.2) is 16.1 Å². The number of amides is 1. The molecular weight excluding hydrogens is 289 g/mol. The molecule has 6 heteroatoms. The largest absolute Gasteiger partial charge is 0.301 e. The fourth-order valence-corrected chi connectivity index (χ4v) is 2.84. The molecule has 0 atom stereocenters. The molecular formula is C15H18FN3OS. The first-order valence-electron chi connectivity index (χ1n) is 6.89. The summed E-state index contributed by atoms with van der Waals surface area (Å²) in [4.78, 5) is 11.8. The average Bonchev–Trinajstić information content (AvgIpc) is 2.83. The number of carbonyl (C=O) groups excluding carboxylic acids is 1. The molecule has 2 aromatic rings. The van der Waals surface area contributed by atoms with E-state index in [1.807, 2.05) is 6.07 Å². The third-order valence-corrected chi connectivity index (χ3v) is 3.69. The lowest BCUT2D eigenvalue weighted by Gasteiger charge is -2.02. The Hall–Kier alpha value is -1.82. The molecule has 0 bridgehead atoms. The van der Waals surface area contributed by atoms with Crippen LogP contribution in [0.25, 0.3) is 0 Å². The zero-order chi connectivity index (χ0) is 15.2. The van der Waals surface area contributed by atoms with Gasteiger partial charge in [-0.05, 0) is 30.0 Å². The van der Waals surface area contributed by atoms with Crippen LogP contribution in [0, 0.1) is 11.7 Å². The minimum atomic E-state index is -0.282. The molecule has 0 radical (unpaired) electrons. The monoisotopic (exact) mass is 307 g/mol. The van der Waals surface area contributed by atoms with Crippen LogP contribution in [0.1, 0.15) is 30.8 Å². The molecule has 0 saturated carbocycles. The molecule has 21 heavy (non-hydrogen) atoms. The summed E-state index contributed by atoms with van der Waals surface area (Å²) in [5, 5.41) is 12.2. The molecule has 0 spiro atoms. The second kappa shape index (κ2) is 7.26. The third kappa shape index (κ3) is 5.23. The van der Waals surface area contributed by atoms with Gasteiger partial charge in [0.1, 0.15) is 10.8 Å². The first kappa shape index (κ1) is 15.6. The van der Waals surface area contributed by atoms with Crippen LogP contribution in [0.4, 0.5) is 9.52 Å². The van der Waals surface area contributed by atoms with E-state index in [4.69, 9.17) is 0 Å². The summed E-state index contributed by atoms with van der Waals surface area (Å²) in [6, 6.07) is 6.29. The van der Waals surface area contributed by atoms with Gasteiger partial charge in [0.05, 0.1) is 0 Å². The molecule has 0 unspecified atom stereocenters. The van der Waals surface area contributed by atoms with Crippen molar-refractivity contribution in [2.24, 2.45) is 5.92 Å². The zero-order valence-corrected chi connectivity index (χ0v) is 12.9. The fraction of sp³-hybridized carbons (Fsp3) is 0.400. The molecule has 1 heterocycles. The number of anilines is 1. The summed E-state index contributed by atoms with van der Waals surface area (Å²) in [6.45, 7) is 4.22. The number of hydrogen-bond donors (Lipinski definition) is 1. The Kier molecular flexibility index (Phi) is 5.38. The standard InChI is InChI=1S/C15H18FN3OS/c1-10(2)8-14-18-19-15(21-14)17-13(20)7-6-11-4-3-5-12(16)9-11/h3-5,9-10H,6-8H2,1-2H3,(H,17,19,20). The molecule has 112 valence electrons. The number of rotatable bonds is 6. The quantitative estimate of drug-likeness (QED) is 0.889. The van der Waals surface area contributed by atoms with Gasteiger partial charge in [-0.25, -0.2) is 4.39 Å². The summed E-state index contributed by atoms with van der Waals surface area (Å²) in [5.41, 5.74) is 0.808. The first-order chi connectivity index (χ1) is 10.0. The van der Waals surface area contributed by atoms with Gasteiger partial charge in [-0.1, -0.05) is 37.3 Å². The number of carbonyl (C=O) groups is 1. The molecule has 0 aliphatic heterocycles. The minimum Gasteiger partial charge on any atom is -0.301 e. The molecule has 0 fully saturated rings. The summed E-state index contributed by atoms with van der Waals surface area (Å²) < 4.78 is 13.0. The van der Waals surface area contributed by atoms with Gasteiger partial charge in [-0.15, -0.1) is 10.2 Å². The Balaban J connectivity index is 1.83. The molecule has 2 rings (SSSR count). The molecule has 0 aliphatic carbocycles. The normalized spacial score (nSPS) is 10.9. The van der Waals surface area contributed by atoms with Gasteiger partial charge in [0, 0.05) is 12.8 Å². The Bertz CT molecular complexity index is 612. The molecule has 0 aliphatic rings. The van der Waals surface area contributed by atoms with E-state index in [0.717, 1.165) is 17.0 Å². The highest BCUT2D eigenvalue weighted by molar-refractivity contribution is 7.15. The van der Waals surface area contributed by atoms with Crippen molar-refractivity contribution in [1.29, 1.82) is 0 Å². The maximum Gasteiger partial charge on any atom is 0.226 e. The zero-order valence-electron chi connectivity index (χ0n) is 12.1. The number of benzene rings is 1. The second-order valence-electron chi connectivity index (χ2n) is 5.28. The van der Waals surface area contributed by atoms with Crippen LogP contribution in [0.5, 0.6) is 0 Å². The van der Waals surface area contributed by atoms with E-state index in [2.05, 4.69) is 29.4 Å². The summed E-state index contributed by atoms with van der Waals surface area (Å²) in [7, 11) is 0. The molecule has 4 nitrogen and oxygen atoms in total. The molecule has 1 aromatic carbocycles. The summed E-state index contributed by atoms with van der Waals surface area (Å²) >= 11 is 1.40. The molecule has 1 N–H and O–H groups in total. The van der Waals surface area contributed by atoms with Crippen molar-refractivity contribution in [2.45, 2.75) is 33.1 Å². The average molecular weight is 307 g/mol. The fourth-order valence-electron chi connectivity index (χ4n) is 1.87. The lowest BCUT2D eigenvalue weighted by Crippen LogP contribution is -2.12. The SMILES string of the molecule is CC(C)Cc1nnc(NC(=O)CCc2cccc(F)c2)s1. The van der Waals surface area contributed by atoms with E-state index in [9.17, 15) is 9.18 Å². The Labute approximate surface area is 127 Å². The smallest absolute Gasteiger partial charge is 0.226 e. The highest BCUT2D eigenvalue weighted by atomic mass is 32.1. The van der Waals surface area contributed by atoms with E-state index >= 15 is 0 Å². The van der Waals surface area contributed by atoms with Crippen molar-refractivity contribution in [2.75, 3.05) is 5.32 Å². The topological polar surface area (TPSA) is 54.9 Å². The van der Waals surface area contributed by atoms with Gasteiger partial charge < -0.3 is 5.32 Å². The molecule has 0 saturated heterocycles. The van der Waals surface area contributed by atoms with E-state index in [1.54, 1.807) is 6.07 Å². The third-order valence-electron chi connectivity index (χ3n) is 2.83. The lowest BCUT2D eigenvalue weighted by atomic mass is 10.1. The molecule has 1 aromatic heterocycles. The lowest BCUT2D eigenvalue weighted by molar-refractivity contribution is -0.116. The van der Waals surface area contributed by atoms with Crippen LogP contribution in [-0.2, 0) is 17.6 Å². The minimum absolute atomic E-state index is 0.133. The van der Waals surface area contributed by atoms with E-state index < -0.39 is 0 Å². The van der Waals surface area contributed by atoms with E-state index in [0.29, 0.717) is 23.9 Å². The van der Waals surface area contributed by atoms with Gasteiger partial charge in [-0.3, -0.25) is 4.79 Å². The van der Waals surface area contributed by atoms with Crippen molar-refractivity contribution in [3.8, 4) is 0 Å². The van der Waals surface area contributed by atoms with Crippen LogP contribution in [0.2, 0.25) is 0 Å². The van der Waals surface area contributed by atoms with Gasteiger partial charge in [0.15, 0.2) is 0 Å². The van der Waals surface area contributed by atoms with Gasteiger partial charge in [-0.2, -0.15) is 0 Å². The molecule has 1 amide bonds. The van der Waals surface area contributed by atoms with Crippen molar-refractivity contribution < 1.29 is 9.18 Å². The second-order valence-corrected chi connectivity index (χ2v) is 6.34. The predicted molar refractivity (Wildman–Crippen MR) is 81.8 cm³/mol. The number of halogens is 1. The van der Waals surface area contributed by atoms with Crippen LogP contribution in [0.15, 0.2) is 24.3 Å². The highest BCUT2D eigenvalue weighted by Gasteiger charge is 2.09. The summed E-state index contributed by atoms with van der Waals surface area (Å²) in [6.07, 6.45) is 1.65. The van der Waals surface area contributed by atoms with Crippen LogP contribution < -0.4 is 5.32 Å². The van der Waals surface area contributed by atoms with Crippen molar-refractivity contribution >= 4 is 22.4 Å². The maximum absolute atomic E-state index is 13.0. The number of nitrogens with one attached hydrogen (secondary N) is 1. The van der Waals surface area contributed by atoms with Crippen molar-refractivity contribution in [3.63, 3.8) is 0 Å². The number of nitrogens with zero attached hydrogens (tertiary/aromatic N) is 2. The van der Waals surface area contributed by atoms with Gasteiger partial charge in [0.2, 0.25) is 11.0 Å². The Morgan fingerprint density at radius 1 is 1.38 bits per heavy atom. The number of aromatic nitrogens is 2.